The number of hydrogen-bond donors (Lipinski definition) is 2. The van der Waals surface area contributed by atoms with Gasteiger partial charge in [0, 0.05) is 13.2 Å². The van der Waals surface area contributed by atoms with E-state index < -0.39 is 6.10 Å². The number of rotatable bonds is 6. The van der Waals surface area contributed by atoms with E-state index in [1.165, 1.54) is 18.2 Å². The number of hydrogen-bond acceptors (Lipinski definition) is 3. The molecule has 1 aromatic carbocycles. The smallest absolute Gasteiger partial charge is 0.260 e. The molecular weight excluding hydrogens is 317 g/mol. The first-order valence-corrected chi connectivity index (χ1v) is 6.73. The van der Waals surface area contributed by atoms with Crippen molar-refractivity contribution in [2.75, 3.05) is 13.2 Å². The van der Waals surface area contributed by atoms with Crippen LogP contribution in [0.4, 0.5) is 4.39 Å². The van der Waals surface area contributed by atoms with Crippen LogP contribution in [0.25, 0.3) is 0 Å². The maximum absolute atomic E-state index is 12.9. The number of aliphatic hydroxyl groups is 1. The summed E-state index contributed by atoms with van der Waals surface area (Å²) in [4.78, 5) is 11.7. The second-order valence-corrected chi connectivity index (χ2v) is 5.22. The summed E-state index contributed by atoms with van der Waals surface area (Å²) in [5, 5.41) is 11.5. The van der Waals surface area contributed by atoms with Gasteiger partial charge in [-0.2, -0.15) is 0 Å². The standard InChI is InChI=1S/C13H17BrFNO3/c1-8(7-17)6-16-13(18)9(2)19-12-4-3-10(15)5-11(12)14/h3-5,8-9,17H,6-7H2,1-2H3,(H,16,18). The number of amides is 1. The Hall–Kier alpha value is -1.14. The Labute approximate surface area is 120 Å². The summed E-state index contributed by atoms with van der Waals surface area (Å²) in [5.41, 5.74) is 0. The van der Waals surface area contributed by atoms with E-state index in [1.807, 2.05) is 6.92 Å². The Morgan fingerprint density at radius 2 is 2.21 bits per heavy atom. The van der Waals surface area contributed by atoms with Gasteiger partial charge in [0.25, 0.3) is 5.91 Å². The molecule has 106 valence electrons. The van der Waals surface area contributed by atoms with Crippen molar-refractivity contribution in [1.82, 2.24) is 5.32 Å². The van der Waals surface area contributed by atoms with Crippen LogP contribution in [-0.4, -0.2) is 30.3 Å². The van der Waals surface area contributed by atoms with Crippen molar-refractivity contribution in [3.63, 3.8) is 0 Å². The third-order valence-corrected chi connectivity index (χ3v) is 3.12. The summed E-state index contributed by atoms with van der Waals surface area (Å²) in [6, 6.07) is 3.99. The summed E-state index contributed by atoms with van der Waals surface area (Å²) >= 11 is 3.17. The Balaban J connectivity index is 2.54. The van der Waals surface area contributed by atoms with Crippen molar-refractivity contribution in [3.8, 4) is 5.75 Å². The van der Waals surface area contributed by atoms with Gasteiger partial charge in [0.15, 0.2) is 6.10 Å². The van der Waals surface area contributed by atoms with E-state index in [-0.39, 0.29) is 24.2 Å². The lowest BCUT2D eigenvalue weighted by atomic mass is 10.2. The number of benzene rings is 1. The van der Waals surface area contributed by atoms with Crippen molar-refractivity contribution in [3.05, 3.63) is 28.5 Å². The zero-order chi connectivity index (χ0) is 14.4. The van der Waals surface area contributed by atoms with Gasteiger partial charge >= 0.3 is 0 Å². The van der Waals surface area contributed by atoms with Crippen LogP contribution in [0.1, 0.15) is 13.8 Å². The average Bonchev–Trinajstić information content (AvgIpc) is 2.38. The first kappa shape index (κ1) is 15.9. The fourth-order valence-electron chi connectivity index (χ4n) is 1.30. The number of nitrogens with one attached hydrogen (secondary N) is 1. The molecule has 2 N–H and O–H groups in total. The van der Waals surface area contributed by atoms with Gasteiger partial charge in [-0.25, -0.2) is 4.39 Å². The third kappa shape index (κ3) is 5.16. The highest BCUT2D eigenvalue weighted by Gasteiger charge is 2.16. The van der Waals surface area contributed by atoms with Gasteiger partial charge in [-0.15, -0.1) is 0 Å². The summed E-state index contributed by atoms with van der Waals surface area (Å²) in [6.07, 6.45) is -0.701. The molecule has 4 nitrogen and oxygen atoms in total. The van der Waals surface area contributed by atoms with Gasteiger partial charge in [0.1, 0.15) is 11.6 Å². The molecule has 0 saturated heterocycles. The van der Waals surface area contributed by atoms with Crippen LogP contribution < -0.4 is 10.1 Å². The second kappa shape index (κ2) is 7.45. The number of carbonyl (C=O) groups is 1. The first-order valence-electron chi connectivity index (χ1n) is 5.94. The average molecular weight is 334 g/mol. The van der Waals surface area contributed by atoms with E-state index in [1.54, 1.807) is 6.92 Å². The predicted molar refractivity (Wildman–Crippen MR) is 73.4 cm³/mol. The lowest BCUT2D eigenvalue weighted by molar-refractivity contribution is -0.127. The third-order valence-electron chi connectivity index (χ3n) is 2.50. The van der Waals surface area contributed by atoms with Crippen LogP contribution >= 0.6 is 15.9 Å². The molecule has 0 aliphatic rings. The fourth-order valence-corrected chi connectivity index (χ4v) is 1.74. The molecule has 0 aromatic heterocycles. The number of carbonyl (C=O) groups excluding carboxylic acids is 1. The zero-order valence-corrected chi connectivity index (χ0v) is 12.4. The van der Waals surface area contributed by atoms with Gasteiger partial charge in [-0.3, -0.25) is 4.79 Å². The first-order chi connectivity index (χ1) is 8.93. The molecule has 1 amide bonds. The highest BCUT2D eigenvalue weighted by atomic mass is 79.9. The van der Waals surface area contributed by atoms with Crippen molar-refractivity contribution in [2.24, 2.45) is 5.92 Å². The minimum Gasteiger partial charge on any atom is -0.480 e. The monoisotopic (exact) mass is 333 g/mol. The van der Waals surface area contributed by atoms with Gasteiger partial charge in [0.2, 0.25) is 0 Å². The second-order valence-electron chi connectivity index (χ2n) is 4.37. The molecule has 0 fully saturated rings. The highest BCUT2D eigenvalue weighted by Crippen LogP contribution is 2.26. The van der Waals surface area contributed by atoms with Crippen LogP contribution in [0.15, 0.2) is 22.7 Å². The van der Waals surface area contributed by atoms with Gasteiger partial charge in [0.05, 0.1) is 4.47 Å². The molecule has 19 heavy (non-hydrogen) atoms. The Bertz CT molecular complexity index is 442. The van der Waals surface area contributed by atoms with Crippen LogP contribution in [0.5, 0.6) is 5.75 Å². The summed E-state index contributed by atoms with van der Waals surface area (Å²) < 4.78 is 18.8. The molecule has 0 heterocycles. The Morgan fingerprint density at radius 3 is 2.79 bits per heavy atom. The molecule has 0 spiro atoms. The molecule has 2 unspecified atom stereocenters. The molecule has 0 bridgehead atoms. The molecular formula is C13H17BrFNO3. The van der Waals surface area contributed by atoms with E-state index >= 15 is 0 Å². The van der Waals surface area contributed by atoms with Crippen molar-refractivity contribution >= 4 is 21.8 Å². The van der Waals surface area contributed by atoms with E-state index in [2.05, 4.69) is 21.2 Å². The number of aliphatic hydroxyl groups excluding tert-OH is 1. The summed E-state index contributed by atoms with van der Waals surface area (Å²) in [5.74, 6) is -0.266. The molecule has 2 atom stereocenters. The van der Waals surface area contributed by atoms with Crippen LogP contribution in [-0.2, 0) is 4.79 Å². The lowest BCUT2D eigenvalue weighted by Crippen LogP contribution is -2.39. The van der Waals surface area contributed by atoms with Crippen molar-refractivity contribution < 1.29 is 19.0 Å². The van der Waals surface area contributed by atoms with Gasteiger partial charge < -0.3 is 15.2 Å². The SMILES string of the molecule is CC(CO)CNC(=O)C(C)Oc1ccc(F)cc1Br. The summed E-state index contributed by atoms with van der Waals surface area (Å²) in [7, 11) is 0. The quantitative estimate of drug-likeness (QED) is 0.838. The summed E-state index contributed by atoms with van der Waals surface area (Å²) in [6.45, 7) is 3.82. The minimum absolute atomic E-state index is 0.00583. The van der Waals surface area contributed by atoms with Crippen molar-refractivity contribution in [2.45, 2.75) is 20.0 Å². The van der Waals surface area contributed by atoms with Crippen LogP contribution in [0, 0.1) is 11.7 Å². The topological polar surface area (TPSA) is 58.6 Å². The van der Waals surface area contributed by atoms with Gasteiger partial charge in [-0.05, 0) is 47.0 Å². The van der Waals surface area contributed by atoms with Gasteiger partial charge in [-0.1, -0.05) is 6.92 Å². The van der Waals surface area contributed by atoms with E-state index in [4.69, 9.17) is 9.84 Å². The Morgan fingerprint density at radius 1 is 1.53 bits per heavy atom. The number of ether oxygens (including phenoxy) is 1. The van der Waals surface area contributed by atoms with E-state index in [0.29, 0.717) is 16.8 Å². The van der Waals surface area contributed by atoms with E-state index in [0.717, 1.165) is 0 Å². The molecule has 1 rings (SSSR count). The highest BCUT2D eigenvalue weighted by molar-refractivity contribution is 9.10. The number of halogens is 2. The molecule has 0 radical (unpaired) electrons. The molecule has 0 saturated carbocycles. The largest absolute Gasteiger partial charge is 0.480 e. The maximum atomic E-state index is 12.9. The van der Waals surface area contributed by atoms with Crippen LogP contribution in [0.2, 0.25) is 0 Å². The Kier molecular flexibility index (Phi) is 6.24. The van der Waals surface area contributed by atoms with Crippen LogP contribution in [0.3, 0.4) is 0 Å². The van der Waals surface area contributed by atoms with E-state index in [9.17, 15) is 9.18 Å². The minimum atomic E-state index is -0.701. The normalized spacial score (nSPS) is 13.7. The molecule has 6 heteroatoms. The predicted octanol–water partition coefficient (Wildman–Crippen LogP) is 2.10. The lowest BCUT2D eigenvalue weighted by Gasteiger charge is -2.17. The molecule has 0 aliphatic heterocycles. The fraction of sp³-hybridized carbons (Fsp3) is 0.462. The maximum Gasteiger partial charge on any atom is 0.260 e. The molecule has 1 aromatic rings. The van der Waals surface area contributed by atoms with Crippen molar-refractivity contribution in [1.29, 1.82) is 0 Å². The molecule has 0 aliphatic carbocycles. The zero-order valence-electron chi connectivity index (χ0n) is 10.8.